The number of carbonyl (C=O) groups is 3. The number of carboxylic acid groups (broad SMARTS) is 2. The Balaban J connectivity index is 1.28. The maximum Gasteiger partial charge on any atom is 0.327 e. The van der Waals surface area contributed by atoms with E-state index >= 15 is 0 Å². The van der Waals surface area contributed by atoms with Crippen LogP contribution in [0.15, 0.2) is 52.7 Å². The Hall–Kier alpha value is -3.52. The Kier molecular flexibility index (Phi) is 8.06. The van der Waals surface area contributed by atoms with E-state index in [4.69, 9.17) is 17.0 Å². The summed E-state index contributed by atoms with van der Waals surface area (Å²) >= 11 is 7.03. The third kappa shape index (κ3) is 5.94. The molecule has 1 aromatic heterocycles. The second kappa shape index (κ2) is 11.4. The summed E-state index contributed by atoms with van der Waals surface area (Å²) < 4.78 is 28.4. The smallest absolute Gasteiger partial charge is 0.327 e. The summed E-state index contributed by atoms with van der Waals surface area (Å²) in [6.07, 6.45) is 0.931. The molecule has 0 spiro atoms. The number of sulfonamides is 1. The Morgan fingerprint density at radius 3 is 2.34 bits per heavy atom. The molecule has 3 N–H and O–H groups in total. The van der Waals surface area contributed by atoms with Gasteiger partial charge in [-0.2, -0.15) is 4.31 Å². The summed E-state index contributed by atoms with van der Waals surface area (Å²) in [4.78, 5) is 39.5. The number of hydrogen-bond donors (Lipinski definition) is 3. The average molecular weight is 619 g/mol. The van der Waals surface area contributed by atoms with Crippen molar-refractivity contribution in [3.8, 4) is 0 Å². The molecular weight excluding hydrogens is 592 g/mol. The number of rotatable bonds is 7. The van der Waals surface area contributed by atoms with Gasteiger partial charge in [-0.15, -0.1) is 11.3 Å². The predicted molar refractivity (Wildman–Crippen MR) is 153 cm³/mol. The number of piperazine rings is 1. The van der Waals surface area contributed by atoms with Crippen molar-refractivity contribution >= 4 is 66.7 Å². The van der Waals surface area contributed by atoms with Crippen LogP contribution < -0.4 is 0 Å². The van der Waals surface area contributed by atoms with Crippen LogP contribution >= 0.6 is 22.9 Å². The molecule has 0 aliphatic carbocycles. The lowest BCUT2D eigenvalue weighted by atomic mass is 9.96. The van der Waals surface area contributed by atoms with E-state index < -0.39 is 52.9 Å². The SMILES string of the molecule is N=C(c1ccc(CN2C(=O)CN(S(=O)(=O)c3cc4ccc(Cl)cc4s3)C[C@@H]2C(=O)O)cc1)N1CCC(C(=O)O)CC1. The molecule has 3 heterocycles. The number of benzene rings is 2. The van der Waals surface area contributed by atoms with Gasteiger partial charge in [0.25, 0.3) is 10.0 Å². The van der Waals surface area contributed by atoms with Crippen molar-refractivity contribution in [3.05, 3.63) is 64.7 Å². The fraction of sp³-hybridized carbons (Fsp3) is 0.333. The summed E-state index contributed by atoms with van der Waals surface area (Å²) in [7, 11) is -4.13. The van der Waals surface area contributed by atoms with Gasteiger partial charge in [-0.05, 0) is 42.0 Å². The quantitative estimate of drug-likeness (QED) is 0.269. The van der Waals surface area contributed by atoms with E-state index in [-0.39, 0.29) is 16.6 Å². The molecule has 11 nitrogen and oxygen atoms in total. The highest BCUT2D eigenvalue weighted by atomic mass is 35.5. The first-order valence-corrected chi connectivity index (χ1v) is 15.4. The number of fused-ring (bicyclic) bond motifs is 1. The van der Waals surface area contributed by atoms with Crippen LogP contribution in [0.1, 0.15) is 24.0 Å². The second-order valence-electron chi connectivity index (χ2n) is 10.1. The van der Waals surface area contributed by atoms with E-state index in [9.17, 15) is 33.0 Å². The third-order valence-electron chi connectivity index (χ3n) is 7.46. The van der Waals surface area contributed by atoms with E-state index in [1.54, 1.807) is 42.5 Å². The molecular formula is C27H27ClN4O7S2. The minimum Gasteiger partial charge on any atom is -0.481 e. The minimum atomic E-state index is -4.13. The van der Waals surface area contributed by atoms with Gasteiger partial charge in [0.1, 0.15) is 16.1 Å². The third-order valence-corrected chi connectivity index (χ3v) is 11.1. The highest BCUT2D eigenvalue weighted by Crippen LogP contribution is 2.33. The van der Waals surface area contributed by atoms with Crippen molar-refractivity contribution < 1.29 is 33.0 Å². The van der Waals surface area contributed by atoms with Crippen LogP contribution in [0.5, 0.6) is 0 Å². The van der Waals surface area contributed by atoms with Gasteiger partial charge in [-0.1, -0.05) is 41.9 Å². The van der Waals surface area contributed by atoms with Crippen LogP contribution in [0.25, 0.3) is 10.1 Å². The first-order chi connectivity index (χ1) is 19.4. The van der Waals surface area contributed by atoms with Gasteiger partial charge in [-0.3, -0.25) is 15.0 Å². The molecule has 14 heteroatoms. The van der Waals surface area contributed by atoms with Gasteiger partial charge in [0.05, 0.1) is 12.5 Å². The lowest BCUT2D eigenvalue weighted by Crippen LogP contribution is -2.59. The topological polar surface area (TPSA) is 159 Å². The lowest BCUT2D eigenvalue weighted by Gasteiger charge is -2.38. The highest BCUT2D eigenvalue weighted by Gasteiger charge is 2.42. The number of carbonyl (C=O) groups excluding carboxylic acids is 1. The Morgan fingerprint density at radius 2 is 1.71 bits per heavy atom. The molecule has 0 saturated carbocycles. The number of nitrogens with zero attached hydrogens (tertiary/aromatic N) is 3. The number of hydrogen-bond acceptors (Lipinski definition) is 7. The fourth-order valence-corrected chi connectivity index (χ4v) is 8.32. The van der Waals surface area contributed by atoms with E-state index in [0.717, 1.165) is 20.5 Å². The van der Waals surface area contributed by atoms with Crippen molar-refractivity contribution in [2.75, 3.05) is 26.2 Å². The van der Waals surface area contributed by atoms with Crippen molar-refractivity contribution in [1.29, 1.82) is 5.41 Å². The molecule has 5 rings (SSSR count). The van der Waals surface area contributed by atoms with Gasteiger partial charge in [0, 0.05) is 41.5 Å². The standard InChI is InChI=1S/C27H27ClN4O7S2/c28-20-6-5-19-11-24(40-22(19)12-20)41(38,39)31-14-21(27(36)37)32(23(33)15-31)13-16-1-3-17(4-2-16)25(29)30-9-7-18(8-10-30)26(34)35/h1-6,11-12,18,21,29H,7-10,13-15H2,(H,34,35)(H,36,37)/t21-/m1/s1. The van der Waals surface area contributed by atoms with Crippen LogP contribution in [0, 0.1) is 11.3 Å². The lowest BCUT2D eigenvalue weighted by molar-refractivity contribution is -0.154. The van der Waals surface area contributed by atoms with Crippen molar-refractivity contribution in [2.24, 2.45) is 5.92 Å². The van der Waals surface area contributed by atoms with Gasteiger partial charge < -0.3 is 20.0 Å². The van der Waals surface area contributed by atoms with Crippen LogP contribution in [-0.2, 0) is 31.0 Å². The van der Waals surface area contributed by atoms with E-state index in [1.165, 1.54) is 6.07 Å². The van der Waals surface area contributed by atoms with E-state index in [2.05, 4.69) is 0 Å². The van der Waals surface area contributed by atoms with Gasteiger partial charge in [0.2, 0.25) is 5.91 Å². The number of carboxylic acids is 2. The number of nitrogens with one attached hydrogen (secondary N) is 1. The maximum absolute atomic E-state index is 13.4. The van der Waals surface area contributed by atoms with Crippen molar-refractivity contribution in [1.82, 2.24) is 14.1 Å². The first-order valence-electron chi connectivity index (χ1n) is 12.8. The monoisotopic (exact) mass is 618 g/mol. The summed E-state index contributed by atoms with van der Waals surface area (Å²) in [5.41, 5.74) is 1.24. The number of likely N-dealkylation sites (tertiary alicyclic amines) is 1. The normalized spacial score (nSPS) is 19.0. The number of aliphatic carboxylic acids is 2. The minimum absolute atomic E-state index is 0.00498. The number of thiophene rings is 1. The van der Waals surface area contributed by atoms with Crippen molar-refractivity contribution in [3.63, 3.8) is 0 Å². The molecule has 1 atom stereocenters. The Labute approximate surface area is 245 Å². The van der Waals surface area contributed by atoms with E-state index in [0.29, 0.717) is 52.2 Å². The van der Waals surface area contributed by atoms with Crippen molar-refractivity contribution in [2.45, 2.75) is 29.6 Å². The molecule has 0 radical (unpaired) electrons. The second-order valence-corrected chi connectivity index (χ2v) is 13.8. The maximum atomic E-state index is 13.4. The molecule has 3 aromatic rings. The summed E-state index contributed by atoms with van der Waals surface area (Å²) in [5, 5.41) is 28.8. The zero-order valence-electron chi connectivity index (χ0n) is 21.7. The Bertz CT molecular complexity index is 1630. The molecule has 0 unspecified atom stereocenters. The molecule has 2 aliphatic rings. The average Bonchev–Trinajstić information content (AvgIpc) is 3.38. The van der Waals surface area contributed by atoms with Crippen LogP contribution in [0.2, 0.25) is 5.02 Å². The molecule has 0 bridgehead atoms. The highest BCUT2D eigenvalue weighted by molar-refractivity contribution is 7.91. The molecule has 1 amide bonds. The fourth-order valence-electron chi connectivity index (χ4n) is 5.10. The summed E-state index contributed by atoms with van der Waals surface area (Å²) in [5.74, 6) is -2.90. The molecule has 41 heavy (non-hydrogen) atoms. The van der Waals surface area contributed by atoms with Crippen LogP contribution in [0.3, 0.4) is 0 Å². The Morgan fingerprint density at radius 1 is 1.02 bits per heavy atom. The predicted octanol–water partition coefficient (Wildman–Crippen LogP) is 3.16. The molecule has 2 aromatic carbocycles. The summed E-state index contributed by atoms with van der Waals surface area (Å²) in [6.45, 7) is 0.00974. The van der Waals surface area contributed by atoms with Gasteiger partial charge in [0.15, 0.2) is 0 Å². The zero-order chi connectivity index (χ0) is 29.5. The summed E-state index contributed by atoms with van der Waals surface area (Å²) in [6, 6.07) is 11.9. The van der Waals surface area contributed by atoms with Crippen LogP contribution in [0.4, 0.5) is 0 Å². The van der Waals surface area contributed by atoms with Crippen LogP contribution in [-0.4, -0.2) is 88.6 Å². The number of halogens is 1. The first kappa shape index (κ1) is 29.0. The van der Waals surface area contributed by atoms with Gasteiger partial charge >= 0.3 is 11.9 Å². The molecule has 2 saturated heterocycles. The van der Waals surface area contributed by atoms with E-state index in [1.807, 2.05) is 4.90 Å². The zero-order valence-corrected chi connectivity index (χ0v) is 24.1. The van der Waals surface area contributed by atoms with Gasteiger partial charge in [-0.25, -0.2) is 13.2 Å². The molecule has 2 aliphatic heterocycles. The molecule has 216 valence electrons. The number of amides is 1. The molecule has 2 fully saturated rings. The number of amidine groups is 1. The number of piperidine rings is 1. The largest absolute Gasteiger partial charge is 0.481 e.